The summed E-state index contributed by atoms with van der Waals surface area (Å²) < 4.78 is 1.92. The van der Waals surface area contributed by atoms with Gasteiger partial charge in [0.15, 0.2) is 0 Å². The molecule has 0 spiro atoms. The second-order valence-corrected chi connectivity index (χ2v) is 7.83. The van der Waals surface area contributed by atoms with Crippen LogP contribution in [0.25, 0.3) is 0 Å². The average molecular weight is 272 g/mol. The molecule has 0 saturated heterocycles. The van der Waals surface area contributed by atoms with Crippen LogP contribution in [0.1, 0.15) is 0 Å². The van der Waals surface area contributed by atoms with Gasteiger partial charge in [-0.3, -0.25) is 0 Å². The van der Waals surface area contributed by atoms with Crippen molar-refractivity contribution in [2.24, 2.45) is 0 Å². The summed E-state index contributed by atoms with van der Waals surface area (Å²) in [5.41, 5.74) is 0. The minimum atomic E-state index is 0.961. The van der Waals surface area contributed by atoms with Crippen LogP contribution in [0.4, 0.5) is 0 Å². The summed E-state index contributed by atoms with van der Waals surface area (Å²) in [4.78, 5) is 0. The highest BCUT2D eigenvalue weighted by molar-refractivity contribution is 5.63. The zero-order valence-corrected chi connectivity index (χ0v) is 13.8. The van der Waals surface area contributed by atoms with Gasteiger partial charge in [0.05, 0.1) is 55.4 Å². The molecule has 0 aromatic heterocycles. The zero-order valence-electron chi connectivity index (χ0n) is 13.8. The molecule has 2 rings (SSSR count). The van der Waals surface area contributed by atoms with Crippen LogP contribution in [0.2, 0.25) is 0 Å². The van der Waals surface area contributed by atoms with Gasteiger partial charge in [-0.15, -0.1) is 0 Å². The smallest absolute Gasteiger partial charge is 0.0854 e. The molecule has 0 amide bonds. The Hall–Kier alpha value is -0.0800. The van der Waals surface area contributed by atoms with Crippen molar-refractivity contribution in [3.8, 4) is 0 Å². The molecule has 2 aliphatic carbocycles. The lowest BCUT2D eigenvalue weighted by Crippen LogP contribution is -2.42. The molecular formula is C18H28N2+2. The Morgan fingerprint density at radius 3 is 1.25 bits per heavy atom. The van der Waals surface area contributed by atoms with Gasteiger partial charge in [-0.2, -0.15) is 0 Å². The molecule has 0 aliphatic heterocycles. The highest BCUT2D eigenvalue weighted by Crippen LogP contribution is 2.50. The molecule has 108 valence electrons. The van der Waals surface area contributed by atoms with Gasteiger partial charge in [-0.1, -0.05) is 0 Å². The van der Waals surface area contributed by atoms with Crippen LogP contribution in [0.5, 0.6) is 0 Å². The SMILES string of the molecule is C[N+](C)(C)C[C]1[CH][CH][CH][C]1[C]1[CH][CH][CH][C]1C[N+](C)(C)C. The third-order valence-electron chi connectivity index (χ3n) is 3.39. The summed E-state index contributed by atoms with van der Waals surface area (Å²) in [6, 6.07) is 0. The van der Waals surface area contributed by atoms with Gasteiger partial charge in [0.25, 0.3) is 0 Å². The summed E-state index contributed by atoms with van der Waals surface area (Å²) >= 11 is 0. The van der Waals surface area contributed by atoms with Crippen LogP contribution in [0.15, 0.2) is 0 Å². The molecule has 0 aromatic carbocycles. The molecule has 2 heteroatoms. The largest absolute Gasteiger partial charge is 0.330 e. The maximum absolute atomic E-state index is 2.27. The van der Waals surface area contributed by atoms with E-state index >= 15 is 0 Å². The molecule has 20 heavy (non-hydrogen) atoms. The fourth-order valence-corrected chi connectivity index (χ4v) is 2.74. The summed E-state index contributed by atoms with van der Waals surface area (Å²) in [6.07, 6.45) is 13.4. The molecular weight excluding hydrogens is 244 g/mol. The van der Waals surface area contributed by atoms with Crippen molar-refractivity contribution in [3.63, 3.8) is 0 Å². The highest BCUT2D eigenvalue weighted by Gasteiger charge is 2.45. The quantitative estimate of drug-likeness (QED) is 0.671. The van der Waals surface area contributed by atoms with E-state index < -0.39 is 0 Å². The van der Waals surface area contributed by atoms with Crippen molar-refractivity contribution < 1.29 is 8.97 Å². The van der Waals surface area contributed by atoms with E-state index in [1.165, 1.54) is 23.7 Å². The Morgan fingerprint density at radius 2 is 0.950 bits per heavy atom. The molecule has 2 nitrogen and oxygen atoms in total. The van der Waals surface area contributed by atoms with E-state index in [9.17, 15) is 0 Å². The van der Waals surface area contributed by atoms with E-state index in [1.54, 1.807) is 0 Å². The predicted octanol–water partition coefficient (Wildman–Crippen LogP) is 1.95. The van der Waals surface area contributed by atoms with Crippen molar-refractivity contribution in [1.82, 2.24) is 0 Å². The monoisotopic (exact) mass is 272 g/mol. The molecule has 0 heterocycles. The van der Waals surface area contributed by atoms with Gasteiger partial charge >= 0.3 is 0 Å². The summed E-state index contributed by atoms with van der Waals surface area (Å²) in [5.74, 6) is 5.72. The molecule has 10 radical (unpaired) electrons. The number of rotatable bonds is 5. The molecule has 0 bridgehead atoms. The molecule has 0 atom stereocenters. The van der Waals surface area contributed by atoms with Gasteiger partial charge in [-0.25, -0.2) is 0 Å². The molecule has 0 unspecified atom stereocenters. The van der Waals surface area contributed by atoms with Crippen molar-refractivity contribution in [2.45, 2.75) is 0 Å². The maximum atomic E-state index is 2.27. The normalized spacial score (nSPS) is 24.9. The zero-order chi connectivity index (χ0) is 15.0. The van der Waals surface area contributed by atoms with Crippen LogP contribution in [0.3, 0.4) is 0 Å². The first-order chi connectivity index (χ1) is 9.16. The Kier molecular flexibility index (Phi) is 4.86. The lowest BCUT2D eigenvalue weighted by molar-refractivity contribution is -0.867. The molecule has 2 saturated carbocycles. The van der Waals surface area contributed by atoms with Crippen LogP contribution >= 0.6 is 0 Å². The van der Waals surface area contributed by atoms with Crippen LogP contribution in [-0.4, -0.2) is 64.3 Å². The van der Waals surface area contributed by atoms with E-state index in [-0.39, 0.29) is 0 Å². The number of hydrogen-bond donors (Lipinski definition) is 0. The van der Waals surface area contributed by atoms with Crippen molar-refractivity contribution >= 4 is 0 Å². The van der Waals surface area contributed by atoms with Gasteiger partial charge in [0, 0.05) is 23.7 Å². The number of quaternary nitrogens is 2. The first kappa shape index (κ1) is 16.3. The number of nitrogens with zero attached hydrogens (tertiary/aromatic N) is 2. The van der Waals surface area contributed by atoms with Gasteiger partial charge in [-0.05, 0) is 38.5 Å². The Bertz CT molecular complexity index is 278. The van der Waals surface area contributed by atoms with Crippen LogP contribution in [0, 0.1) is 62.2 Å². The second-order valence-electron chi connectivity index (χ2n) is 7.83. The predicted molar refractivity (Wildman–Crippen MR) is 84.6 cm³/mol. The van der Waals surface area contributed by atoms with E-state index in [1.807, 2.05) is 0 Å². The standard InChI is InChI=1S/C18H28N2/c1-19(2,3)13-15-9-7-11-17(15)18-12-8-10-16(18)14-20(4,5)6/h7-12H,13-14H2,1-6H3/q+2. The highest BCUT2D eigenvalue weighted by atomic mass is 15.3. The Balaban J connectivity index is 2.01. The molecule has 0 aromatic rings. The minimum Gasteiger partial charge on any atom is -0.330 e. The Morgan fingerprint density at radius 1 is 0.600 bits per heavy atom. The molecule has 2 fully saturated rings. The lowest BCUT2D eigenvalue weighted by Gasteiger charge is -2.35. The van der Waals surface area contributed by atoms with E-state index in [2.05, 4.69) is 80.8 Å². The molecule has 0 N–H and O–H groups in total. The lowest BCUT2D eigenvalue weighted by atomic mass is 9.77. The summed E-state index contributed by atoms with van der Waals surface area (Å²) in [5, 5.41) is 0. The van der Waals surface area contributed by atoms with Gasteiger partial charge in [0.1, 0.15) is 0 Å². The van der Waals surface area contributed by atoms with Gasteiger partial charge < -0.3 is 8.97 Å². The summed E-state index contributed by atoms with van der Waals surface area (Å²) in [7, 11) is 13.5. The Labute approximate surface area is 127 Å². The summed E-state index contributed by atoms with van der Waals surface area (Å²) in [6.45, 7) is 2.13. The van der Waals surface area contributed by atoms with Crippen molar-refractivity contribution in [2.75, 3.05) is 55.4 Å². The second kappa shape index (κ2) is 5.96. The fourth-order valence-electron chi connectivity index (χ4n) is 2.74. The van der Waals surface area contributed by atoms with E-state index in [4.69, 9.17) is 0 Å². The third kappa shape index (κ3) is 4.46. The van der Waals surface area contributed by atoms with Crippen LogP contribution < -0.4 is 0 Å². The first-order valence-corrected chi connectivity index (χ1v) is 7.26. The van der Waals surface area contributed by atoms with Crippen molar-refractivity contribution in [1.29, 1.82) is 0 Å². The average Bonchev–Trinajstić information content (AvgIpc) is 2.82. The first-order valence-electron chi connectivity index (χ1n) is 7.26. The number of hydrogen-bond acceptors (Lipinski definition) is 0. The fraction of sp³-hybridized carbons (Fsp3) is 0.444. The van der Waals surface area contributed by atoms with E-state index in [0.29, 0.717) is 0 Å². The van der Waals surface area contributed by atoms with E-state index in [0.717, 1.165) is 22.1 Å². The van der Waals surface area contributed by atoms with Gasteiger partial charge in [0.2, 0.25) is 0 Å². The topological polar surface area (TPSA) is 0 Å². The maximum Gasteiger partial charge on any atom is 0.0854 e. The third-order valence-corrected chi connectivity index (χ3v) is 3.39. The minimum absolute atomic E-state index is 0.961. The molecule has 2 aliphatic rings. The van der Waals surface area contributed by atoms with Crippen LogP contribution in [-0.2, 0) is 0 Å². The van der Waals surface area contributed by atoms with Crippen molar-refractivity contribution in [3.05, 3.63) is 62.2 Å².